The highest BCUT2D eigenvalue weighted by atomic mass is 79.9. The van der Waals surface area contributed by atoms with Crippen LogP contribution in [-0.2, 0) is 6.61 Å². The van der Waals surface area contributed by atoms with Crippen molar-refractivity contribution in [3.8, 4) is 11.5 Å². The van der Waals surface area contributed by atoms with Gasteiger partial charge >= 0.3 is 5.97 Å². The lowest BCUT2D eigenvalue weighted by atomic mass is 10.2. The molecule has 0 radical (unpaired) electrons. The first-order valence-electron chi connectivity index (χ1n) is 5.50. The molecule has 19 heavy (non-hydrogen) atoms. The predicted molar refractivity (Wildman–Crippen MR) is 73.5 cm³/mol. The van der Waals surface area contributed by atoms with Crippen LogP contribution in [0.4, 0.5) is 0 Å². The first-order chi connectivity index (χ1) is 9.10. The summed E-state index contributed by atoms with van der Waals surface area (Å²) in [5.74, 6) is -0.131. The number of hydrogen-bond acceptors (Lipinski definition) is 3. The molecule has 0 bridgehead atoms. The molecule has 0 heterocycles. The van der Waals surface area contributed by atoms with Gasteiger partial charge in [0.05, 0.1) is 12.2 Å². The van der Waals surface area contributed by atoms with E-state index < -0.39 is 5.97 Å². The average Bonchev–Trinajstić information content (AvgIpc) is 2.38. The van der Waals surface area contributed by atoms with Gasteiger partial charge in [0.15, 0.2) is 0 Å². The monoisotopic (exact) mass is 322 g/mol. The third-order valence-corrected chi connectivity index (χ3v) is 2.95. The van der Waals surface area contributed by atoms with Crippen LogP contribution in [0.1, 0.15) is 15.9 Å². The number of para-hydroxylation sites is 1. The van der Waals surface area contributed by atoms with Gasteiger partial charge in [-0.3, -0.25) is 0 Å². The molecule has 0 amide bonds. The van der Waals surface area contributed by atoms with E-state index in [-0.39, 0.29) is 12.2 Å². The van der Waals surface area contributed by atoms with Crippen molar-refractivity contribution >= 4 is 21.9 Å². The molecule has 0 atom stereocenters. The average molecular weight is 323 g/mol. The van der Waals surface area contributed by atoms with E-state index in [0.29, 0.717) is 21.5 Å². The van der Waals surface area contributed by atoms with E-state index in [1.807, 2.05) is 0 Å². The van der Waals surface area contributed by atoms with Gasteiger partial charge in [-0.15, -0.1) is 0 Å². The molecule has 0 aliphatic rings. The molecule has 0 saturated carbocycles. The van der Waals surface area contributed by atoms with Gasteiger partial charge in [-0.05, 0) is 24.3 Å². The standard InChI is InChI=1S/C14H11BrO4/c15-11-5-10(14(17)18)6-12(7-11)19-13-4-2-1-3-9(13)8-16/h1-7,16H,8H2,(H,17,18). The molecule has 98 valence electrons. The number of ether oxygens (including phenoxy) is 1. The highest BCUT2D eigenvalue weighted by molar-refractivity contribution is 9.10. The minimum atomic E-state index is -1.03. The van der Waals surface area contributed by atoms with Crippen molar-refractivity contribution in [2.75, 3.05) is 0 Å². The van der Waals surface area contributed by atoms with Crippen LogP contribution in [-0.4, -0.2) is 16.2 Å². The second-order valence-electron chi connectivity index (χ2n) is 3.85. The van der Waals surface area contributed by atoms with Crippen LogP contribution in [0.25, 0.3) is 0 Å². The molecule has 2 N–H and O–H groups in total. The Labute approximate surface area is 118 Å². The van der Waals surface area contributed by atoms with Crippen molar-refractivity contribution in [2.24, 2.45) is 0 Å². The van der Waals surface area contributed by atoms with E-state index in [1.165, 1.54) is 12.1 Å². The lowest BCUT2D eigenvalue weighted by Gasteiger charge is -2.10. The molecule has 5 heteroatoms. The van der Waals surface area contributed by atoms with Gasteiger partial charge in [-0.1, -0.05) is 34.1 Å². The fourth-order valence-electron chi connectivity index (χ4n) is 1.61. The zero-order valence-corrected chi connectivity index (χ0v) is 11.4. The van der Waals surface area contributed by atoms with Crippen LogP contribution in [0, 0.1) is 0 Å². The van der Waals surface area contributed by atoms with E-state index in [0.717, 1.165) is 0 Å². The molecule has 4 nitrogen and oxygen atoms in total. The summed E-state index contributed by atoms with van der Waals surface area (Å²) in [6.45, 7) is -0.143. The Hall–Kier alpha value is -1.85. The number of halogens is 1. The Kier molecular flexibility index (Phi) is 4.19. The minimum absolute atomic E-state index is 0.130. The van der Waals surface area contributed by atoms with Crippen LogP contribution in [0.15, 0.2) is 46.9 Å². The second kappa shape index (κ2) is 5.86. The molecule has 0 fully saturated rings. The first-order valence-corrected chi connectivity index (χ1v) is 6.30. The Bertz CT molecular complexity index is 610. The lowest BCUT2D eigenvalue weighted by molar-refractivity contribution is 0.0696. The van der Waals surface area contributed by atoms with Gasteiger partial charge in [-0.2, -0.15) is 0 Å². The van der Waals surface area contributed by atoms with Gasteiger partial charge in [0.2, 0.25) is 0 Å². The van der Waals surface area contributed by atoms with Crippen molar-refractivity contribution < 1.29 is 19.7 Å². The van der Waals surface area contributed by atoms with E-state index in [4.69, 9.17) is 9.84 Å². The molecule has 0 aliphatic carbocycles. The van der Waals surface area contributed by atoms with E-state index >= 15 is 0 Å². The van der Waals surface area contributed by atoms with Crippen molar-refractivity contribution in [1.29, 1.82) is 0 Å². The maximum absolute atomic E-state index is 11.0. The fraction of sp³-hybridized carbons (Fsp3) is 0.0714. The summed E-state index contributed by atoms with van der Waals surface area (Å²) < 4.78 is 6.23. The maximum atomic E-state index is 11.0. The summed E-state index contributed by atoms with van der Waals surface area (Å²) in [6, 6.07) is 11.6. The minimum Gasteiger partial charge on any atom is -0.478 e. The van der Waals surface area contributed by atoms with Crippen LogP contribution >= 0.6 is 15.9 Å². The SMILES string of the molecule is O=C(O)c1cc(Br)cc(Oc2ccccc2CO)c1. The Morgan fingerprint density at radius 3 is 2.63 bits per heavy atom. The quantitative estimate of drug-likeness (QED) is 0.905. The van der Waals surface area contributed by atoms with Crippen molar-refractivity contribution in [3.05, 3.63) is 58.1 Å². The highest BCUT2D eigenvalue weighted by Crippen LogP contribution is 2.28. The second-order valence-corrected chi connectivity index (χ2v) is 4.76. The Balaban J connectivity index is 2.35. The van der Waals surface area contributed by atoms with Crippen LogP contribution in [0.3, 0.4) is 0 Å². The summed E-state index contributed by atoms with van der Waals surface area (Å²) in [7, 11) is 0. The van der Waals surface area contributed by atoms with Gasteiger partial charge in [0.25, 0.3) is 0 Å². The Morgan fingerprint density at radius 1 is 1.21 bits per heavy atom. The molecule has 0 aliphatic heterocycles. The Morgan fingerprint density at radius 2 is 1.95 bits per heavy atom. The normalized spacial score (nSPS) is 10.2. The number of aliphatic hydroxyl groups is 1. The van der Waals surface area contributed by atoms with Crippen molar-refractivity contribution in [1.82, 2.24) is 0 Å². The van der Waals surface area contributed by atoms with Crippen LogP contribution < -0.4 is 4.74 Å². The molecule has 0 saturated heterocycles. The van der Waals surface area contributed by atoms with Gasteiger partial charge in [0.1, 0.15) is 11.5 Å². The van der Waals surface area contributed by atoms with E-state index in [2.05, 4.69) is 15.9 Å². The maximum Gasteiger partial charge on any atom is 0.335 e. The highest BCUT2D eigenvalue weighted by Gasteiger charge is 2.09. The number of carboxylic acid groups (broad SMARTS) is 1. The van der Waals surface area contributed by atoms with Crippen LogP contribution in [0.5, 0.6) is 11.5 Å². The summed E-state index contributed by atoms with van der Waals surface area (Å²) in [6.07, 6.45) is 0. The number of rotatable bonds is 4. The summed E-state index contributed by atoms with van der Waals surface area (Å²) in [5, 5.41) is 18.2. The fourth-order valence-corrected chi connectivity index (χ4v) is 2.08. The molecule has 2 rings (SSSR count). The smallest absolute Gasteiger partial charge is 0.335 e. The molecule has 0 aromatic heterocycles. The molecule has 0 spiro atoms. The number of benzene rings is 2. The lowest BCUT2D eigenvalue weighted by Crippen LogP contribution is -1.97. The van der Waals surface area contributed by atoms with E-state index in [9.17, 15) is 9.90 Å². The van der Waals surface area contributed by atoms with Gasteiger partial charge in [0, 0.05) is 10.0 Å². The number of carboxylic acids is 1. The topological polar surface area (TPSA) is 66.8 Å². The number of hydrogen-bond donors (Lipinski definition) is 2. The van der Waals surface area contributed by atoms with Crippen molar-refractivity contribution in [2.45, 2.75) is 6.61 Å². The zero-order valence-electron chi connectivity index (χ0n) is 9.84. The predicted octanol–water partition coefficient (Wildman–Crippen LogP) is 3.43. The van der Waals surface area contributed by atoms with E-state index in [1.54, 1.807) is 30.3 Å². The molecular formula is C14H11BrO4. The number of carbonyl (C=O) groups is 1. The first kappa shape index (κ1) is 13.6. The number of aliphatic hydroxyl groups excluding tert-OH is 1. The third-order valence-electron chi connectivity index (χ3n) is 2.49. The van der Waals surface area contributed by atoms with Crippen molar-refractivity contribution in [3.63, 3.8) is 0 Å². The summed E-state index contributed by atoms with van der Waals surface area (Å²) in [4.78, 5) is 11.0. The molecule has 2 aromatic carbocycles. The van der Waals surface area contributed by atoms with Gasteiger partial charge in [-0.25, -0.2) is 4.79 Å². The summed E-state index contributed by atoms with van der Waals surface area (Å²) >= 11 is 3.24. The third kappa shape index (κ3) is 3.33. The largest absolute Gasteiger partial charge is 0.478 e. The zero-order chi connectivity index (χ0) is 13.8. The molecular weight excluding hydrogens is 312 g/mol. The molecule has 0 unspecified atom stereocenters. The number of aromatic carboxylic acids is 1. The summed E-state index contributed by atoms with van der Waals surface area (Å²) in [5.41, 5.74) is 0.769. The van der Waals surface area contributed by atoms with Gasteiger partial charge < -0.3 is 14.9 Å². The molecule has 2 aromatic rings. The van der Waals surface area contributed by atoms with Crippen LogP contribution in [0.2, 0.25) is 0 Å².